The summed E-state index contributed by atoms with van der Waals surface area (Å²) in [5.41, 5.74) is 7.00. The van der Waals surface area contributed by atoms with Gasteiger partial charge in [0.15, 0.2) is 5.82 Å². The third-order valence-electron chi connectivity index (χ3n) is 6.93. The van der Waals surface area contributed by atoms with Gasteiger partial charge in [-0.3, -0.25) is 24.8 Å². The van der Waals surface area contributed by atoms with Crippen LogP contribution in [0.4, 0.5) is 5.69 Å². The van der Waals surface area contributed by atoms with E-state index in [0.29, 0.717) is 17.2 Å². The molecule has 10 nitrogen and oxygen atoms in total. The first-order valence-electron chi connectivity index (χ1n) is 12.2. The van der Waals surface area contributed by atoms with Gasteiger partial charge in [0.1, 0.15) is 11.2 Å². The van der Waals surface area contributed by atoms with E-state index < -0.39 is 0 Å². The van der Waals surface area contributed by atoms with Gasteiger partial charge in [0.05, 0.1) is 53.5 Å². The number of H-pyrrole nitrogens is 2. The average Bonchev–Trinajstić information content (AvgIpc) is 3.74. The lowest BCUT2D eigenvalue weighted by Gasteiger charge is -2.11. The Morgan fingerprint density at radius 1 is 1.00 bits per heavy atom. The summed E-state index contributed by atoms with van der Waals surface area (Å²) in [5, 5.41) is 11.4. The SMILES string of the molecule is O=C(Nc1cncc(-c2cc3c(-c4nc5c(-c6ccoc6)cncc5[nH]4)n[nH]c3cn2)c1)C1CCCC1. The van der Waals surface area contributed by atoms with Gasteiger partial charge < -0.3 is 14.7 Å². The molecule has 1 amide bonds. The highest BCUT2D eigenvalue weighted by Gasteiger charge is 2.23. The largest absolute Gasteiger partial charge is 0.472 e. The first-order valence-corrected chi connectivity index (χ1v) is 12.2. The van der Waals surface area contributed by atoms with Gasteiger partial charge in [0.25, 0.3) is 0 Å². The number of hydrogen-bond donors (Lipinski definition) is 3. The van der Waals surface area contributed by atoms with Gasteiger partial charge in [-0.05, 0) is 31.0 Å². The van der Waals surface area contributed by atoms with Crippen molar-refractivity contribution in [3.8, 4) is 33.9 Å². The van der Waals surface area contributed by atoms with Crippen molar-refractivity contribution in [1.82, 2.24) is 35.1 Å². The number of pyridine rings is 3. The fourth-order valence-electron chi connectivity index (χ4n) is 5.01. The number of carbonyl (C=O) groups is 1. The topological polar surface area (TPSA) is 138 Å². The van der Waals surface area contributed by atoms with Crippen LogP contribution >= 0.6 is 0 Å². The number of carbonyl (C=O) groups excluding carboxylic acids is 1. The molecule has 1 aliphatic rings. The Labute approximate surface area is 210 Å². The summed E-state index contributed by atoms with van der Waals surface area (Å²) < 4.78 is 5.25. The molecule has 1 aliphatic carbocycles. The van der Waals surface area contributed by atoms with Gasteiger partial charge >= 0.3 is 0 Å². The molecular formula is C27H22N8O2. The molecule has 6 aromatic rings. The zero-order valence-electron chi connectivity index (χ0n) is 19.7. The lowest BCUT2D eigenvalue weighted by molar-refractivity contribution is -0.119. The Kier molecular flexibility index (Phi) is 5.02. The second-order valence-electron chi connectivity index (χ2n) is 9.30. The second-order valence-corrected chi connectivity index (χ2v) is 9.30. The van der Waals surface area contributed by atoms with Crippen molar-refractivity contribution >= 4 is 33.5 Å². The highest BCUT2D eigenvalue weighted by molar-refractivity contribution is 5.97. The fourth-order valence-corrected chi connectivity index (χ4v) is 5.01. The van der Waals surface area contributed by atoms with Crippen LogP contribution in [0.25, 0.3) is 55.8 Å². The lowest BCUT2D eigenvalue weighted by Crippen LogP contribution is -2.20. The normalized spacial score (nSPS) is 14.1. The van der Waals surface area contributed by atoms with Crippen LogP contribution in [0.2, 0.25) is 0 Å². The van der Waals surface area contributed by atoms with Crippen LogP contribution in [-0.4, -0.2) is 41.0 Å². The summed E-state index contributed by atoms with van der Waals surface area (Å²) >= 11 is 0. The number of amides is 1. The number of aromatic nitrogens is 7. The number of nitrogens with one attached hydrogen (secondary N) is 3. The highest BCUT2D eigenvalue weighted by atomic mass is 16.3. The Bertz CT molecular complexity index is 1750. The molecule has 0 unspecified atom stereocenters. The minimum absolute atomic E-state index is 0.0612. The number of anilines is 1. The van der Waals surface area contributed by atoms with Crippen LogP contribution in [0.15, 0.2) is 66.1 Å². The number of nitrogens with zero attached hydrogens (tertiary/aromatic N) is 5. The van der Waals surface area contributed by atoms with Crippen molar-refractivity contribution in [3.63, 3.8) is 0 Å². The molecule has 10 heteroatoms. The minimum atomic E-state index is 0.0612. The molecule has 0 aliphatic heterocycles. The van der Waals surface area contributed by atoms with Gasteiger partial charge in [0, 0.05) is 40.4 Å². The van der Waals surface area contributed by atoms with Gasteiger partial charge in [-0.25, -0.2) is 4.98 Å². The Hall–Kier alpha value is -4.86. The van der Waals surface area contributed by atoms with Crippen LogP contribution in [-0.2, 0) is 4.79 Å². The third kappa shape index (κ3) is 3.83. The zero-order chi connectivity index (χ0) is 24.8. The van der Waals surface area contributed by atoms with Gasteiger partial charge in [-0.15, -0.1) is 0 Å². The number of hydrogen-bond acceptors (Lipinski definition) is 7. The Balaban J connectivity index is 1.25. The number of rotatable bonds is 5. The maximum Gasteiger partial charge on any atom is 0.227 e. The molecule has 182 valence electrons. The van der Waals surface area contributed by atoms with Gasteiger partial charge in [0.2, 0.25) is 5.91 Å². The maximum atomic E-state index is 12.6. The van der Waals surface area contributed by atoms with Crippen molar-refractivity contribution in [2.45, 2.75) is 25.7 Å². The Morgan fingerprint density at radius 3 is 2.76 bits per heavy atom. The molecule has 6 aromatic heterocycles. The predicted octanol–water partition coefficient (Wildman–Crippen LogP) is 5.35. The summed E-state index contributed by atoms with van der Waals surface area (Å²) in [6.45, 7) is 0. The first-order chi connectivity index (χ1) is 18.2. The van der Waals surface area contributed by atoms with E-state index in [9.17, 15) is 4.79 Å². The molecular weight excluding hydrogens is 468 g/mol. The van der Waals surface area contributed by atoms with Crippen LogP contribution in [0, 0.1) is 5.92 Å². The summed E-state index contributed by atoms with van der Waals surface area (Å²) in [6, 6.07) is 5.74. The van der Waals surface area contributed by atoms with E-state index >= 15 is 0 Å². The molecule has 0 spiro atoms. The monoisotopic (exact) mass is 490 g/mol. The molecule has 37 heavy (non-hydrogen) atoms. The van der Waals surface area contributed by atoms with Crippen molar-refractivity contribution in [3.05, 3.63) is 61.7 Å². The molecule has 0 aromatic carbocycles. The summed E-state index contributed by atoms with van der Waals surface area (Å²) in [6.07, 6.45) is 16.1. The molecule has 0 radical (unpaired) electrons. The van der Waals surface area contributed by atoms with E-state index in [4.69, 9.17) is 9.40 Å². The van der Waals surface area contributed by atoms with E-state index in [1.54, 1.807) is 43.5 Å². The summed E-state index contributed by atoms with van der Waals surface area (Å²) in [7, 11) is 0. The Morgan fingerprint density at radius 2 is 1.89 bits per heavy atom. The molecule has 1 saturated carbocycles. The maximum absolute atomic E-state index is 12.6. The number of furan rings is 1. The quantitative estimate of drug-likeness (QED) is 0.296. The van der Waals surface area contributed by atoms with Crippen molar-refractivity contribution < 1.29 is 9.21 Å². The highest BCUT2D eigenvalue weighted by Crippen LogP contribution is 2.32. The van der Waals surface area contributed by atoms with Gasteiger partial charge in [-0.1, -0.05) is 12.8 Å². The standard InChI is InChI=1S/C27H22N8O2/c36-27(15-3-1-2-4-15)31-18-7-17(9-28-10-18)21-8-19-22(13-30-21)34-35-25(19)26-32-23-12-29-11-20(24(23)33-26)16-5-6-37-14-16/h5-15H,1-4H2,(H,31,36)(H,32,33)(H,34,35). The van der Waals surface area contributed by atoms with Crippen molar-refractivity contribution in [2.75, 3.05) is 5.32 Å². The molecule has 1 fully saturated rings. The van der Waals surface area contributed by atoms with Crippen LogP contribution in [0.5, 0.6) is 0 Å². The van der Waals surface area contributed by atoms with Gasteiger partial charge in [-0.2, -0.15) is 5.10 Å². The number of aromatic amines is 2. The average molecular weight is 491 g/mol. The molecule has 0 atom stereocenters. The van der Waals surface area contributed by atoms with Crippen LogP contribution in [0.3, 0.4) is 0 Å². The minimum Gasteiger partial charge on any atom is -0.472 e. The lowest BCUT2D eigenvalue weighted by atomic mass is 10.1. The summed E-state index contributed by atoms with van der Waals surface area (Å²) in [4.78, 5) is 34.1. The number of imidazole rings is 1. The molecule has 0 bridgehead atoms. The summed E-state index contributed by atoms with van der Waals surface area (Å²) in [5.74, 6) is 0.762. The fraction of sp³-hybridized carbons (Fsp3) is 0.185. The number of fused-ring (bicyclic) bond motifs is 2. The van der Waals surface area contributed by atoms with Crippen LogP contribution < -0.4 is 5.32 Å². The third-order valence-corrected chi connectivity index (χ3v) is 6.93. The molecule has 3 N–H and O–H groups in total. The molecule has 7 rings (SSSR count). The van der Waals surface area contributed by atoms with E-state index in [1.807, 2.05) is 18.2 Å². The van der Waals surface area contributed by atoms with E-state index in [2.05, 4.69) is 35.5 Å². The first kappa shape index (κ1) is 21.4. The zero-order valence-corrected chi connectivity index (χ0v) is 19.7. The van der Waals surface area contributed by atoms with Crippen molar-refractivity contribution in [2.24, 2.45) is 5.92 Å². The van der Waals surface area contributed by atoms with E-state index in [0.717, 1.165) is 70.0 Å². The smallest absolute Gasteiger partial charge is 0.227 e. The van der Waals surface area contributed by atoms with E-state index in [1.165, 1.54) is 0 Å². The second kappa shape index (κ2) is 8.66. The predicted molar refractivity (Wildman–Crippen MR) is 138 cm³/mol. The van der Waals surface area contributed by atoms with Crippen LogP contribution in [0.1, 0.15) is 25.7 Å². The van der Waals surface area contributed by atoms with Crippen molar-refractivity contribution in [1.29, 1.82) is 0 Å². The molecule has 6 heterocycles. The van der Waals surface area contributed by atoms with E-state index in [-0.39, 0.29) is 11.8 Å². The molecule has 0 saturated heterocycles.